The van der Waals surface area contributed by atoms with Crippen LogP contribution in [0.5, 0.6) is 0 Å². The number of ether oxygens (including phenoxy) is 1. The Kier molecular flexibility index (Phi) is 6.30. The van der Waals surface area contributed by atoms with E-state index in [2.05, 4.69) is 22.0 Å². The number of rotatable bonds is 7. The van der Waals surface area contributed by atoms with Gasteiger partial charge < -0.3 is 29.8 Å². The van der Waals surface area contributed by atoms with Crippen LogP contribution >= 0.6 is 23.1 Å². The fourth-order valence-electron chi connectivity index (χ4n) is 3.31. The molecule has 0 spiro atoms. The predicted molar refractivity (Wildman–Crippen MR) is 119 cm³/mol. The van der Waals surface area contributed by atoms with Crippen molar-refractivity contribution < 1.29 is 33.2 Å². The average Bonchev–Trinajstić information content (AvgIpc) is 3.38. The molecular weight excluding hydrogens is 490 g/mol. The molecule has 2 amide bonds. The van der Waals surface area contributed by atoms with Crippen LogP contribution in [0, 0.1) is 6.92 Å². The second kappa shape index (κ2) is 9.18. The summed E-state index contributed by atoms with van der Waals surface area (Å²) in [5, 5.41) is 15.7. The lowest BCUT2D eigenvalue weighted by Gasteiger charge is -2.49. The number of thiazole rings is 1. The van der Waals surface area contributed by atoms with Crippen molar-refractivity contribution in [2.24, 2.45) is 5.16 Å². The van der Waals surface area contributed by atoms with Gasteiger partial charge in [0.2, 0.25) is 0 Å². The molecule has 2 aromatic heterocycles. The number of esters is 1. The molecule has 0 aromatic carbocycles. The Morgan fingerprint density at radius 2 is 2.24 bits per heavy atom. The number of carbonyl (C=O) groups excluding carboxylic acids is 3. The first-order valence-electron chi connectivity index (χ1n) is 9.56. The lowest BCUT2D eigenvalue weighted by atomic mass is 10.0. The third-order valence-electron chi connectivity index (χ3n) is 4.97. The summed E-state index contributed by atoms with van der Waals surface area (Å²) in [6.07, 6.45) is 1.44. The Hall–Kier alpha value is -3.85. The molecule has 2 aromatic rings. The summed E-state index contributed by atoms with van der Waals surface area (Å²) in [5.41, 5.74) is 5.64. The number of nitrogens with zero attached hydrogens (tertiary/aromatic N) is 3. The fraction of sp³-hybridized carbons (Fsp3) is 0.263. The van der Waals surface area contributed by atoms with Crippen LogP contribution in [0.15, 0.2) is 48.1 Å². The molecule has 178 valence electrons. The number of carbonyl (C=O) groups is 3. The number of allylic oxidation sites excluding steroid dienone is 1. The van der Waals surface area contributed by atoms with Crippen molar-refractivity contribution in [3.63, 3.8) is 0 Å². The van der Waals surface area contributed by atoms with E-state index in [9.17, 15) is 24.4 Å². The number of amides is 2. The zero-order valence-electron chi connectivity index (χ0n) is 17.5. The summed E-state index contributed by atoms with van der Waals surface area (Å²) in [7, 11) is 0. The lowest BCUT2D eigenvalue weighted by Crippen LogP contribution is -2.71. The first-order valence-corrected chi connectivity index (χ1v) is 11.5. The van der Waals surface area contributed by atoms with Crippen molar-refractivity contribution >= 4 is 51.7 Å². The quantitative estimate of drug-likeness (QED) is 0.154. The highest BCUT2D eigenvalue weighted by atomic mass is 32.2. The molecule has 2 aliphatic heterocycles. The average molecular weight is 508 g/mol. The third-order valence-corrected chi connectivity index (χ3v) is 6.95. The van der Waals surface area contributed by atoms with Crippen molar-refractivity contribution in [1.82, 2.24) is 15.2 Å². The van der Waals surface area contributed by atoms with Gasteiger partial charge in [0.15, 0.2) is 29.0 Å². The molecule has 13 nitrogen and oxygen atoms in total. The van der Waals surface area contributed by atoms with Crippen LogP contribution in [0.3, 0.4) is 0 Å². The summed E-state index contributed by atoms with van der Waals surface area (Å²) < 4.78 is 14.8. The Morgan fingerprint density at radius 3 is 2.82 bits per heavy atom. The van der Waals surface area contributed by atoms with Gasteiger partial charge in [-0.2, -0.15) is 0 Å². The number of nitrogens with two attached hydrogens (primary N) is 1. The van der Waals surface area contributed by atoms with Gasteiger partial charge in [0.1, 0.15) is 22.8 Å². The van der Waals surface area contributed by atoms with Gasteiger partial charge in [0.05, 0.1) is 0 Å². The molecule has 4 N–H and O–H groups in total. The summed E-state index contributed by atoms with van der Waals surface area (Å²) in [6.45, 7) is 4.78. The molecule has 0 aliphatic carbocycles. The number of oxime groups is 1. The number of hydrogen-bond acceptors (Lipinski definition) is 13. The smallest absolute Gasteiger partial charge is 0.453 e. The Balaban J connectivity index is 1.48. The van der Waals surface area contributed by atoms with E-state index >= 15 is 0 Å². The van der Waals surface area contributed by atoms with Crippen molar-refractivity contribution in [2.75, 3.05) is 11.5 Å². The molecule has 1 saturated heterocycles. The largest absolute Gasteiger partial charge is 0.519 e. The SMILES string of the molecule is C=CC1=C(C(=O)OCc2oc(=O)oc2C)N2C(=O)C(NC(=O)C(=NO)c3csc(N)n3)[C@H]2SC1. The maximum absolute atomic E-state index is 12.9. The lowest BCUT2D eigenvalue weighted by molar-refractivity contribution is -0.153. The highest BCUT2D eigenvalue weighted by Crippen LogP contribution is 2.41. The Bertz CT molecular complexity index is 1310. The van der Waals surface area contributed by atoms with E-state index in [1.54, 1.807) is 0 Å². The van der Waals surface area contributed by atoms with Gasteiger partial charge in [-0.1, -0.05) is 17.8 Å². The van der Waals surface area contributed by atoms with Crippen LogP contribution in [-0.2, 0) is 25.7 Å². The van der Waals surface area contributed by atoms with Crippen LogP contribution in [0.1, 0.15) is 17.2 Å². The number of fused-ring (bicyclic) bond motifs is 1. The summed E-state index contributed by atoms with van der Waals surface area (Å²) in [6, 6.07) is -0.992. The summed E-state index contributed by atoms with van der Waals surface area (Å²) in [5.74, 6) is -2.64. The summed E-state index contributed by atoms with van der Waals surface area (Å²) >= 11 is 2.36. The van der Waals surface area contributed by atoms with E-state index in [1.165, 1.54) is 35.0 Å². The molecule has 4 heterocycles. The minimum absolute atomic E-state index is 0.0268. The maximum Gasteiger partial charge on any atom is 0.519 e. The normalized spacial score (nSPS) is 20.0. The molecule has 34 heavy (non-hydrogen) atoms. The van der Waals surface area contributed by atoms with Crippen LogP contribution < -0.4 is 16.9 Å². The van der Waals surface area contributed by atoms with Gasteiger partial charge in [0.25, 0.3) is 11.8 Å². The Morgan fingerprint density at radius 1 is 1.47 bits per heavy atom. The van der Waals surface area contributed by atoms with Crippen molar-refractivity contribution in [1.29, 1.82) is 0 Å². The highest BCUT2D eigenvalue weighted by molar-refractivity contribution is 8.00. The number of thioether (sulfide) groups is 1. The van der Waals surface area contributed by atoms with Gasteiger partial charge in [-0.05, 0) is 12.5 Å². The number of hydrogen-bond donors (Lipinski definition) is 3. The second-order valence-electron chi connectivity index (χ2n) is 6.97. The molecular formula is C19H17N5O8S2. The van der Waals surface area contributed by atoms with E-state index < -0.39 is 40.7 Å². The topological polar surface area (TPSA) is 191 Å². The molecule has 15 heteroatoms. The second-order valence-corrected chi connectivity index (χ2v) is 8.96. The van der Waals surface area contributed by atoms with Crippen molar-refractivity contribution in [2.45, 2.75) is 24.9 Å². The summed E-state index contributed by atoms with van der Waals surface area (Å²) in [4.78, 5) is 54.6. The molecule has 0 radical (unpaired) electrons. The number of aryl methyl sites for hydroxylation is 1. The third kappa shape index (κ3) is 4.10. The van der Waals surface area contributed by atoms with E-state index in [1.807, 2.05) is 0 Å². The monoisotopic (exact) mass is 507 g/mol. The van der Waals surface area contributed by atoms with Gasteiger partial charge in [-0.25, -0.2) is 14.6 Å². The zero-order chi connectivity index (χ0) is 24.6. The van der Waals surface area contributed by atoms with Gasteiger partial charge in [-0.3, -0.25) is 14.5 Å². The minimum atomic E-state index is -0.992. The molecule has 4 rings (SSSR count). The molecule has 2 aliphatic rings. The van der Waals surface area contributed by atoms with E-state index in [4.69, 9.17) is 19.3 Å². The number of β-lactam (4-membered cyclic amide) rings is 1. The molecule has 1 unspecified atom stereocenters. The standard InChI is InChI=1S/C19H17N5O8S2/c1-3-8-5-33-16-12(22-14(25)11(23-29)9-6-34-18(20)21-9)15(26)24(16)13(8)17(27)30-4-10-7(2)31-19(28)32-10/h3,6,12,16,29H,1,4-5H2,2H3,(H2,20,21)(H,22,25)/t12?,16-/m1/s1. The first-order chi connectivity index (χ1) is 16.2. The molecule has 0 saturated carbocycles. The van der Waals surface area contributed by atoms with Crippen molar-refractivity contribution in [3.05, 3.63) is 57.1 Å². The van der Waals surface area contributed by atoms with Crippen LogP contribution in [0.25, 0.3) is 0 Å². The van der Waals surface area contributed by atoms with E-state index in [0.717, 1.165) is 11.3 Å². The minimum Gasteiger partial charge on any atom is -0.453 e. The van der Waals surface area contributed by atoms with Crippen LogP contribution in [0.4, 0.5) is 5.13 Å². The number of nitrogen functional groups attached to an aromatic ring is 1. The first kappa shape index (κ1) is 23.3. The maximum atomic E-state index is 12.9. The number of anilines is 1. The van der Waals surface area contributed by atoms with Gasteiger partial charge in [0, 0.05) is 11.1 Å². The van der Waals surface area contributed by atoms with E-state index in [-0.39, 0.29) is 34.6 Å². The number of nitrogens with one attached hydrogen (secondary N) is 1. The fourth-order valence-corrected chi connectivity index (χ4v) is 5.20. The zero-order valence-corrected chi connectivity index (χ0v) is 19.1. The molecule has 2 atom stereocenters. The van der Waals surface area contributed by atoms with Crippen LogP contribution in [-0.4, -0.2) is 55.8 Å². The van der Waals surface area contributed by atoms with Gasteiger partial charge in [-0.15, -0.1) is 23.1 Å². The van der Waals surface area contributed by atoms with Gasteiger partial charge >= 0.3 is 11.8 Å². The number of aromatic nitrogens is 1. The predicted octanol–water partition coefficient (Wildman–Crippen LogP) is 0.342. The van der Waals surface area contributed by atoms with Crippen molar-refractivity contribution in [3.8, 4) is 0 Å². The van der Waals surface area contributed by atoms with Crippen LogP contribution in [0.2, 0.25) is 0 Å². The molecule has 1 fully saturated rings. The highest BCUT2D eigenvalue weighted by Gasteiger charge is 2.54. The molecule has 0 bridgehead atoms. The van der Waals surface area contributed by atoms with E-state index in [0.29, 0.717) is 11.3 Å². The Labute approximate surface area is 198 Å².